The number of carbonyl (C=O) groups is 1. The molecule has 0 aromatic heterocycles. The molecule has 22 heavy (non-hydrogen) atoms. The summed E-state index contributed by atoms with van der Waals surface area (Å²) in [5, 5.41) is 12.1. The van der Waals surface area contributed by atoms with Gasteiger partial charge in [0.2, 0.25) is 0 Å². The van der Waals surface area contributed by atoms with E-state index in [0.29, 0.717) is 12.4 Å². The van der Waals surface area contributed by atoms with E-state index in [-0.39, 0.29) is 5.37 Å². The first-order valence-electron chi connectivity index (χ1n) is 7.07. The second-order valence-corrected chi connectivity index (χ2v) is 6.46. The Morgan fingerprint density at radius 2 is 2.27 bits per heavy atom. The normalized spacial score (nSPS) is 21.1. The highest BCUT2D eigenvalue weighted by molar-refractivity contribution is 7.99. The number of carboxylic acids is 1. The molecule has 1 fully saturated rings. The lowest BCUT2D eigenvalue weighted by atomic mass is 10.1. The Morgan fingerprint density at radius 3 is 2.86 bits per heavy atom. The number of likely N-dealkylation sites (N-methyl/N-ethyl adjacent to an activating group) is 1. The first-order valence-corrected chi connectivity index (χ1v) is 8.12. The summed E-state index contributed by atoms with van der Waals surface area (Å²) in [5.74, 6) is 1.18. The Labute approximate surface area is 134 Å². The zero-order valence-corrected chi connectivity index (χ0v) is 13.9. The zero-order chi connectivity index (χ0) is 16.1. The van der Waals surface area contributed by atoms with Crippen molar-refractivity contribution in [2.45, 2.75) is 11.4 Å². The highest BCUT2D eigenvalue weighted by Crippen LogP contribution is 2.39. The summed E-state index contributed by atoms with van der Waals surface area (Å²) in [6, 6.07) is 5.12. The number of ether oxygens (including phenoxy) is 2. The van der Waals surface area contributed by atoms with Crippen molar-refractivity contribution in [3.63, 3.8) is 0 Å². The molecule has 2 rings (SSSR count). The molecule has 7 heteroatoms. The molecule has 2 N–H and O–H groups in total. The van der Waals surface area contributed by atoms with Crippen LogP contribution in [0.2, 0.25) is 0 Å². The zero-order valence-electron chi connectivity index (χ0n) is 13.0. The Bertz CT molecular complexity index is 524. The van der Waals surface area contributed by atoms with Crippen LogP contribution in [-0.2, 0) is 4.79 Å². The summed E-state index contributed by atoms with van der Waals surface area (Å²) in [6.45, 7) is 1.37. The van der Waals surface area contributed by atoms with Gasteiger partial charge in [0.25, 0.3) is 0 Å². The van der Waals surface area contributed by atoms with Gasteiger partial charge in [-0.1, -0.05) is 0 Å². The van der Waals surface area contributed by atoms with Crippen LogP contribution in [0.3, 0.4) is 0 Å². The Balaban J connectivity index is 2.13. The lowest BCUT2D eigenvalue weighted by Crippen LogP contribution is -2.33. The Kier molecular flexibility index (Phi) is 5.93. The van der Waals surface area contributed by atoms with Crippen LogP contribution < -0.4 is 14.8 Å². The van der Waals surface area contributed by atoms with Gasteiger partial charge in [0.15, 0.2) is 0 Å². The number of hydrogen-bond donors (Lipinski definition) is 2. The van der Waals surface area contributed by atoms with Crippen molar-refractivity contribution in [1.82, 2.24) is 10.2 Å². The predicted octanol–water partition coefficient (Wildman–Crippen LogP) is 1.42. The fraction of sp³-hybridized carbons (Fsp3) is 0.533. The van der Waals surface area contributed by atoms with Crippen molar-refractivity contribution in [2.24, 2.45) is 0 Å². The maximum absolute atomic E-state index is 11.1. The summed E-state index contributed by atoms with van der Waals surface area (Å²) >= 11 is 1.58. The highest BCUT2D eigenvalue weighted by atomic mass is 32.2. The van der Waals surface area contributed by atoms with Gasteiger partial charge in [0, 0.05) is 23.9 Å². The van der Waals surface area contributed by atoms with E-state index in [9.17, 15) is 4.79 Å². The minimum atomic E-state index is -0.821. The van der Waals surface area contributed by atoms with E-state index in [4.69, 9.17) is 14.6 Å². The summed E-state index contributed by atoms with van der Waals surface area (Å²) in [7, 11) is 5.59. The number of methoxy groups -OCH3 is 1. The standard InChI is InChI=1S/C15H22N2O4S/c1-17(2)6-7-21-13-8-10(20-3)4-5-11(13)14-16-12(9-22-14)15(18)19/h4-5,8,12,14,16H,6-7,9H2,1-3H3,(H,18,19). The molecular weight excluding hydrogens is 304 g/mol. The molecule has 0 amide bonds. The summed E-state index contributed by atoms with van der Waals surface area (Å²) in [4.78, 5) is 13.1. The van der Waals surface area contributed by atoms with Gasteiger partial charge >= 0.3 is 5.97 Å². The number of carboxylic acid groups (broad SMARTS) is 1. The number of nitrogens with zero attached hydrogens (tertiary/aromatic N) is 1. The van der Waals surface area contributed by atoms with Crippen LogP contribution in [0.25, 0.3) is 0 Å². The SMILES string of the molecule is COc1ccc(C2NC(C(=O)O)CS2)c(OCCN(C)C)c1. The third-order valence-corrected chi connectivity index (χ3v) is 4.63. The molecule has 1 aliphatic rings. The Hall–Kier alpha value is -1.44. The van der Waals surface area contributed by atoms with Crippen LogP contribution in [0.5, 0.6) is 11.5 Å². The van der Waals surface area contributed by atoms with Crippen LogP contribution in [-0.4, -0.2) is 62.1 Å². The van der Waals surface area contributed by atoms with Gasteiger partial charge in [-0.25, -0.2) is 0 Å². The van der Waals surface area contributed by atoms with Gasteiger partial charge in [-0.05, 0) is 26.2 Å². The average molecular weight is 326 g/mol. The largest absolute Gasteiger partial charge is 0.497 e. The van der Waals surface area contributed by atoms with Gasteiger partial charge in [-0.2, -0.15) is 0 Å². The lowest BCUT2D eigenvalue weighted by molar-refractivity contribution is -0.138. The summed E-state index contributed by atoms with van der Waals surface area (Å²) < 4.78 is 11.1. The maximum atomic E-state index is 11.1. The number of aliphatic carboxylic acids is 1. The van der Waals surface area contributed by atoms with E-state index >= 15 is 0 Å². The molecule has 1 heterocycles. The van der Waals surface area contributed by atoms with E-state index in [1.54, 1.807) is 18.9 Å². The number of thioether (sulfide) groups is 1. The van der Waals surface area contributed by atoms with E-state index < -0.39 is 12.0 Å². The van der Waals surface area contributed by atoms with Crippen molar-refractivity contribution in [3.8, 4) is 11.5 Å². The van der Waals surface area contributed by atoms with Crippen LogP contribution in [0.15, 0.2) is 18.2 Å². The van der Waals surface area contributed by atoms with E-state index in [1.165, 1.54) is 0 Å². The van der Waals surface area contributed by atoms with Gasteiger partial charge in [0.05, 0.1) is 12.5 Å². The molecule has 1 aromatic carbocycles. The molecule has 122 valence electrons. The summed E-state index contributed by atoms with van der Waals surface area (Å²) in [5.41, 5.74) is 0.952. The molecule has 0 saturated carbocycles. The first-order chi connectivity index (χ1) is 10.5. The molecule has 1 saturated heterocycles. The molecular formula is C15H22N2O4S. The predicted molar refractivity (Wildman–Crippen MR) is 86.8 cm³/mol. The van der Waals surface area contributed by atoms with Gasteiger partial charge in [-0.3, -0.25) is 10.1 Å². The van der Waals surface area contributed by atoms with Crippen LogP contribution in [0, 0.1) is 0 Å². The van der Waals surface area contributed by atoms with E-state index in [1.807, 2.05) is 37.2 Å². The quantitative estimate of drug-likeness (QED) is 0.785. The molecule has 1 aliphatic heterocycles. The highest BCUT2D eigenvalue weighted by Gasteiger charge is 2.32. The van der Waals surface area contributed by atoms with Crippen molar-refractivity contribution < 1.29 is 19.4 Å². The molecule has 2 atom stereocenters. The molecule has 0 spiro atoms. The second kappa shape index (κ2) is 7.71. The smallest absolute Gasteiger partial charge is 0.321 e. The van der Waals surface area contributed by atoms with Gasteiger partial charge in [0.1, 0.15) is 24.1 Å². The van der Waals surface area contributed by atoms with Crippen molar-refractivity contribution in [2.75, 3.05) is 40.1 Å². The second-order valence-electron chi connectivity index (χ2n) is 5.33. The minimum Gasteiger partial charge on any atom is -0.497 e. The van der Waals surface area contributed by atoms with Crippen LogP contribution in [0.4, 0.5) is 0 Å². The fourth-order valence-corrected chi connectivity index (χ4v) is 3.37. The summed E-state index contributed by atoms with van der Waals surface area (Å²) in [6.07, 6.45) is 0. The number of hydrogen-bond acceptors (Lipinski definition) is 6. The minimum absolute atomic E-state index is 0.0821. The van der Waals surface area contributed by atoms with Gasteiger partial charge < -0.3 is 19.5 Å². The topological polar surface area (TPSA) is 71.0 Å². The maximum Gasteiger partial charge on any atom is 0.321 e. The molecule has 2 unspecified atom stereocenters. The van der Waals surface area contributed by atoms with Crippen molar-refractivity contribution in [3.05, 3.63) is 23.8 Å². The van der Waals surface area contributed by atoms with Crippen molar-refractivity contribution in [1.29, 1.82) is 0 Å². The van der Waals surface area contributed by atoms with E-state index in [0.717, 1.165) is 23.6 Å². The lowest BCUT2D eigenvalue weighted by Gasteiger charge is -2.18. The average Bonchev–Trinajstić information content (AvgIpc) is 2.96. The molecule has 1 aromatic rings. The third kappa shape index (κ3) is 4.28. The fourth-order valence-electron chi connectivity index (χ4n) is 2.11. The van der Waals surface area contributed by atoms with Crippen molar-refractivity contribution >= 4 is 17.7 Å². The number of rotatable bonds is 7. The van der Waals surface area contributed by atoms with Gasteiger partial charge in [-0.15, -0.1) is 11.8 Å². The number of benzene rings is 1. The molecule has 0 radical (unpaired) electrons. The van der Waals surface area contributed by atoms with Crippen LogP contribution >= 0.6 is 11.8 Å². The molecule has 6 nitrogen and oxygen atoms in total. The Morgan fingerprint density at radius 1 is 1.50 bits per heavy atom. The first kappa shape index (κ1) is 16.9. The van der Waals surface area contributed by atoms with Crippen LogP contribution in [0.1, 0.15) is 10.9 Å². The monoisotopic (exact) mass is 326 g/mol. The molecule has 0 bridgehead atoms. The van der Waals surface area contributed by atoms with E-state index in [2.05, 4.69) is 5.32 Å². The number of nitrogens with one attached hydrogen (secondary N) is 1. The molecule has 0 aliphatic carbocycles. The third-order valence-electron chi connectivity index (χ3n) is 3.38.